The minimum atomic E-state index is -4.18. The average molecular weight is 707 g/mol. The molecule has 1 N–H and O–H groups in total. The van der Waals surface area contributed by atoms with Crippen molar-refractivity contribution in [1.29, 1.82) is 0 Å². The second-order valence-corrected chi connectivity index (χ2v) is 14.3. The van der Waals surface area contributed by atoms with Crippen molar-refractivity contribution in [3.05, 3.63) is 124 Å². The van der Waals surface area contributed by atoms with Crippen molar-refractivity contribution in [2.75, 3.05) is 24.5 Å². The minimum Gasteiger partial charge on any atom is -0.497 e. The number of aryl methyl sites for hydroxylation is 1. The number of benzene rings is 4. The summed E-state index contributed by atoms with van der Waals surface area (Å²) in [5.41, 5.74) is 2.82. The van der Waals surface area contributed by atoms with E-state index in [1.165, 1.54) is 17.0 Å². The molecule has 0 aromatic heterocycles. The molecular formula is C36H40BrN3O5S. The van der Waals surface area contributed by atoms with Gasteiger partial charge in [-0.2, -0.15) is 0 Å². The molecule has 0 unspecified atom stereocenters. The van der Waals surface area contributed by atoms with Crippen molar-refractivity contribution in [3.63, 3.8) is 0 Å². The molecule has 2 amide bonds. The van der Waals surface area contributed by atoms with Crippen LogP contribution in [0, 0.1) is 12.8 Å². The molecule has 0 fully saturated rings. The van der Waals surface area contributed by atoms with Gasteiger partial charge in [0, 0.05) is 24.0 Å². The van der Waals surface area contributed by atoms with E-state index in [9.17, 15) is 18.0 Å². The molecule has 46 heavy (non-hydrogen) atoms. The smallest absolute Gasteiger partial charge is 0.264 e. The van der Waals surface area contributed by atoms with Crippen LogP contribution in [0.3, 0.4) is 0 Å². The van der Waals surface area contributed by atoms with Crippen molar-refractivity contribution in [2.45, 2.75) is 44.7 Å². The first-order valence-corrected chi connectivity index (χ1v) is 17.3. The Balaban J connectivity index is 1.81. The molecule has 10 heteroatoms. The summed E-state index contributed by atoms with van der Waals surface area (Å²) in [6, 6.07) is 29.1. The monoisotopic (exact) mass is 705 g/mol. The second-order valence-electron chi connectivity index (χ2n) is 11.5. The van der Waals surface area contributed by atoms with E-state index in [1.54, 1.807) is 55.6 Å². The van der Waals surface area contributed by atoms with Crippen molar-refractivity contribution < 1.29 is 22.7 Å². The Hall–Kier alpha value is -4.15. The van der Waals surface area contributed by atoms with Crippen LogP contribution < -0.4 is 14.4 Å². The maximum absolute atomic E-state index is 14.6. The van der Waals surface area contributed by atoms with Crippen LogP contribution in [0.1, 0.15) is 30.5 Å². The highest BCUT2D eigenvalue weighted by Crippen LogP contribution is 2.28. The third-order valence-electron chi connectivity index (χ3n) is 7.43. The lowest BCUT2D eigenvalue weighted by molar-refractivity contribution is -0.140. The number of ether oxygens (including phenoxy) is 1. The highest BCUT2D eigenvalue weighted by atomic mass is 79.9. The van der Waals surface area contributed by atoms with Gasteiger partial charge in [-0.25, -0.2) is 8.42 Å². The summed E-state index contributed by atoms with van der Waals surface area (Å²) in [6.07, 6.45) is 0.238. The third-order valence-corrected chi connectivity index (χ3v) is 9.71. The number of hydrogen-bond donors (Lipinski definition) is 1. The average Bonchev–Trinajstić information content (AvgIpc) is 3.04. The van der Waals surface area contributed by atoms with Gasteiger partial charge in [0.2, 0.25) is 11.8 Å². The molecule has 0 saturated heterocycles. The molecule has 8 nitrogen and oxygen atoms in total. The Bertz CT molecular complexity index is 1730. The van der Waals surface area contributed by atoms with Gasteiger partial charge < -0.3 is 15.0 Å². The van der Waals surface area contributed by atoms with Crippen LogP contribution in [0.2, 0.25) is 0 Å². The van der Waals surface area contributed by atoms with Crippen LogP contribution in [0.4, 0.5) is 5.69 Å². The zero-order valence-electron chi connectivity index (χ0n) is 26.5. The molecule has 4 rings (SSSR count). The summed E-state index contributed by atoms with van der Waals surface area (Å²) in [6.45, 7) is 5.82. The van der Waals surface area contributed by atoms with Crippen LogP contribution in [-0.4, -0.2) is 51.4 Å². The lowest BCUT2D eigenvalue weighted by atomic mass is 10.0. The summed E-state index contributed by atoms with van der Waals surface area (Å²) < 4.78 is 35.5. The number of nitrogens with zero attached hydrogens (tertiary/aromatic N) is 2. The molecule has 0 bridgehead atoms. The number of anilines is 1. The summed E-state index contributed by atoms with van der Waals surface area (Å²) in [5.74, 6) is -0.0506. The molecule has 0 aliphatic carbocycles. The van der Waals surface area contributed by atoms with Crippen LogP contribution in [0.15, 0.2) is 112 Å². The minimum absolute atomic E-state index is 0.0551. The number of amides is 2. The number of halogens is 1. The molecule has 0 heterocycles. The Labute approximate surface area is 280 Å². The highest BCUT2D eigenvalue weighted by Gasteiger charge is 2.34. The fourth-order valence-electron chi connectivity index (χ4n) is 4.94. The van der Waals surface area contributed by atoms with Crippen LogP contribution in [0.25, 0.3) is 0 Å². The number of carbonyl (C=O) groups is 2. The number of sulfonamides is 1. The van der Waals surface area contributed by atoms with E-state index in [0.717, 1.165) is 21.0 Å². The maximum atomic E-state index is 14.6. The summed E-state index contributed by atoms with van der Waals surface area (Å²) in [4.78, 5) is 30.0. The number of hydrogen-bond acceptors (Lipinski definition) is 5. The third kappa shape index (κ3) is 9.20. The topological polar surface area (TPSA) is 96.0 Å². The zero-order valence-corrected chi connectivity index (χ0v) is 28.9. The molecular weight excluding hydrogens is 666 g/mol. The number of rotatable bonds is 14. The quantitative estimate of drug-likeness (QED) is 0.164. The SMILES string of the molecule is COc1cccc(CN(C(=O)CN(c2cccc(Br)c2)S(=O)(=O)c2ccc(C)cc2)[C@H](Cc2ccccc2)C(=O)NCC(C)C)c1. The summed E-state index contributed by atoms with van der Waals surface area (Å²) in [5, 5.41) is 3.00. The fourth-order valence-corrected chi connectivity index (χ4v) is 6.73. The highest BCUT2D eigenvalue weighted by molar-refractivity contribution is 9.10. The summed E-state index contributed by atoms with van der Waals surface area (Å²) >= 11 is 3.44. The maximum Gasteiger partial charge on any atom is 0.264 e. The first kappa shape index (κ1) is 34.7. The van der Waals surface area contributed by atoms with Crippen LogP contribution >= 0.6 is 15.9 Å². The zero-order chi connectivity index (χ0) is 33.3. The van der Waals surface area contributed by atoms with Crippen LogP contribution in [0.5, 0.6) is 5.75 Å². The van der Waals surface area contributed by atoms with E-state index in [4.69, 9.17) is 4.74 Å². The van der Waals surface area contributed by atoms with E-state index >= 15 is 0 Å². The molecule has 0 saturated carbocycles. The van der Waals surface area contributed by atoms with E-state index in [0.29, 0.717) is 22.5 Å². The molecule has 4 aromatic carbocycles. The van der Waals surface area contributed by atoms with Crippen molar-refractivity contribution in [1.82, 2.24) is 10.2 Å². The van der Waals surface area contributed by atoms with Gasteiger partial charge in [0.1, 0.15) is 18.3 Å². The van der Waals surface area contributed by atoms with Gasteiger partial charge in [-0.1, -0.05) is 96.0 Å². The van der Waals surface area contributed by atoms with Crippen LogP contribution in [-0.2, 0) is 32.6 Å². The largest absolute Gasteiger partial charge is 0.497 e. The Morgan fingerprint density at radius 2 is 1.54 bits per heavy atom. The predicted molar refractivity (Wildman–Crippen MR) is 185 cm³/mol. The first-order chi connectivity index (χ1) is 22.0. The van der Waals surface area contributed by atoms with E-state index in [2.05, 4.69) is 21.2 Å². The molecule has 0 spiro atoms. The lowest BCUT2D eigenvalue weighted by Gasteiger charge is -2.34. The Morgan fingerprint density at radius 3 is 2.20 bits per heavy atom. The van der Waals surface area contributed by atoms with Gasteiger partial charge in [0.05, 0.1) is 17.7 Å². The number of carbonyl (C=O) groups excluding carboxylic acids is 2. The van der Waals surface area contributed by atoms with Gasteiger partial charge in [-0.3, -0.25) is 13.9 Å². The van der Waals surface area contributed by atoms with Gasteiger partial charge in [-0.15, -0.1) is 0 Å². The van der Waals surface area contributed by atoms with E-state index < -0.39 is 28.5 Å². The molecule has 0 radical (unpaired) electrons. The molecule has 0 aliphatic heterocycles. The van der Waals surface area contributed by atoms with Gasteiger partial charge in [0.15, 0.2) is 0 Å². The number of methoxy groups -OCH3 is 1. The number of nitrogens with one attached hydrogen (secondary N) is 1. The fraction of sp³-hybridized carbons (Fsp3) is 0.278. The van der Waals surface area contributed by atoms with Crippen molar-refractivity contribution >= 4 is 43.5 Å². The molecule has 4 aromatic rings. The molecule has 1 atom stereocenters. The Kier molecular flexibility index (Phi) is 12.0. The predicted octanol–water partition coefficient (Wildman–Crippen LogP) is 6.37. The molecule has 242 valence electrons. The van der Waals surface area contributed by atoms with Crippen molar-refractivity contribution in [2.24, 2.45) is 5.92 Å². The first-order valence-electron chi connectivity index (χ1n) is 15.1. The Morgan fingerprint density at radius 1 is 0.870 bits per heavy atom. The van der Waals surface area contributed by atoms with Gasteiger partial charge in [0.25, 0.3) is 10.0 Å². The van der Waals surface area contributed by atoms with Gasteiger partial charge >= 0.3 is 0 Å². The van der Waals surface area contributed by atoms with E-state index in [1.807, 2.05) is 63.2 Å². The standard InChI is InChI=1S/C36H40BrN3O5S/c1-26(2)23-38-36(42)34(21-28-10-6-5-7-11-28)39(24-29-12-8-15-32(20-29)45-4)35(41)25-40(31-14-9-13-30(37)22-31)46(43,44)33-18-16-27(3)17-19-33/h5-20,22,26,34H,21,23-25H2,1-4H3,(H,38,42)/t34-/m1/s1. The van der Waals surface area contributed by atoms with Crippen molar-refractivity contribution in [3.8, 4) is 5.75 Å². The lowest BCUT2D eigenvalue weighted by Crippen LogP contribution is -2.53. The second kappa shape index (κ2) is 15.9. The van der Waals surface area contributed by atoms with Gasteiger partial charge in [-0.05, 0) is 66.4 Å². The van der Waals surface area contributed by atoms with E-state index in [-0.39, 0.29) is 29.7 Å². The normalized spacial score (nSPS) is 12.0. The summed E-state index contributed by atoms with van der Waals surface area (Å²) in [7, 11) is -2.62. The molecule has 0 aliphatic rings.